The highest BCUT2D eigenvalue weighted by atomic mass is 35.5. The Hall–Kier alpha value is -2.38. The predicted molar refractivity (Wildman–Crippen MR) is 74.7 cm³/mol. The van der Waals surface area contributed by atoms with Crippen LogP contribution in [0.25, 0.3) is 0 Å². The first kappa shape index (κ1) is 14.0. The van der Waals surface area contributed by atoms with E-state index in [4.69, 9.17) is 21.6 Å². The van der Waals surface area contributed by atoms with Crippen LogP contribution in [0.3, 0.4) is 0 Å². The van der Waals surface area contributed by atoms with Crippen LogP contribution in [0.15, 0.2) is 36.7 Å². The zero-order chi connectivity index (χ0) is 14.4. The van der Waals surface area contributed by atoms with Gasteiger partial charge in [-0.1, -0.05) is 6.07 Å². The molecular weight excluding hydrogens is 276 g/mol. The number of halogens is 1. The molecular formula is C15H11ClN2O2. The molecule has 2 rings (SSSR count). The van der Waals surface area contributed by atoms with Crippen molar-refractivity contribution in [3.8, 4) is 11.8 Å². The SMILES string of the molecule is N#Cc1cncc(COc2cc(CCl)ccc2C=O)c1. The number of aromatic nitrogens is 1. The normalized spacial score (nSPS) is 9.80. The lowest BCUT2D eigenvalue weighted by Gasteiger charge is -2.09. The van der Waals surface area contributed by atoms with Crippen molar-refractivity contribution in [1.82, 2.24) is 4.98 Å². The van der Waals surface area contributed by atoms with E-state index in [0.717, 1.165) is 17.4 Å². The van der Waals surface area contributed by atoms with Crippen LogP contribution in [0.4, 0.5) is 0 Å². The molecule has 0 aliphatic heterocycles. The quantitative estimate of drug-likeness (QED) is 0.626. The number of carbonyl (C=O) groups is 1. The maximum atomic E-state index is 11.0. The zero-order valence-electron chi connectivity index (χ0n) is 10.5. The Labute approximate surface area is 121 Å². The zero-order valence-corrected chi connectivity index (χ0v) is 11.3. The van der Waals surface area contributed by atoms with Crippen molar-refractivity contribution >= 4 is 17.9 Å². The second-order valence-corrected chi connectivity index (χ2v) is 4.37. The van der Waals surface area contributed by atoms with E-state index < -0.39 is 0 Å². The molecule has 1 heterocycles. The fourth-order valence-corrected chi connectivity index (χ4v) is 1.84. The largest absolute Gasteiger partial charge is 0.488 e. The van der Waals surface area contributed by atoms with Gasteiger partial charge in [-0.3, -0.25) is 9.78 Å². The minimum atomic E-state index is 0.231. The first-order valence-corrected chi connectivity index (χ1v) is 6.41. The van der Waals surface area contributed by atoms with Crippen molar-refractivity contribution in [1.29, 1.82) is 5.26 Å². The van der Waals surface area contributed by atoms with Crippen LogP contribution in [-0.2, 0) is 12.5 Å². The van der Waals surface area contributed by atoms with Crippen LogP contribution in [0.1, 0.15) is 27.0 Å². The predicted octanol–water partition coefficient (Wildman–Crippen LogP) is 3.08. The van der Waals surface area contributed by atoms with E-state index >= 15 is 0 Å². The van der Waals surface area contributed by atoms with Crippen molar-refractivity contribution < 1.29 is 9.53 Å². The fourth-order valence-electron chi connectivity index (χ4n) is 1.67. The topological polar surface area (TPSA) is 63.0 Å². The molecule has 1 aromatic carbocycles. The Balaban J connectivity index is 2.17. The van der Waals surface area contributed by atoms with Crippen LogP contribution in [0.2, 0.25) is 0 Å². The number of hydrogen-bond donors (Lipinski definition) is 0. The number of nitrogens with zero attached hydrogens (tertiary/aromatic N) is 2. The van der Waals surface area contributed by atoms with Crippen molar-refractivity contribution in [2.75, 3.05) is 0 Å². The average Bonchev–Trinajstić information content (AvgIpc) is 2.52. The van der Waals surface area contributed by atoms with E-state index in [-0.39, 0.29) is 6.61 Å². The van der Waals surface area contributed by atoms with Gasteiger partial charge in [0, 0.05) is 23.8 Å². The van der Waals surface area contributed by atoms with Gasteiger partial charge in [-0.15, -0.1) is 11.6 Å². The number of hydrogen-bond acceptors (Lipinski definition) is 4. The maximum Gasteiger partial charge on any atom is 0.153 e. The van der Waals surface area contributed by atoms with Crippen LogP contribution >= 0.6 is 11.6 Å². The van der Waals surface area contributed by atoms with Gasteiger partial charge in [0.15, 0.2) is 6.29 Å². The minimum Gasteiger partial charge on any atom is -0.488 e. The lowest BCUT2D eigenvalue weighted by Crippen LogP contribution is -2.00. The average molecular weight is 287 g/mol. The summed E-state index contributed by atoms with van der Waals surface area (Å²) in [6, 6.07) is 8.89. The number of rotatable bonds is 5. The van der Waals surface area contributed by atoms with Gasteiger partial charge in [-0.25, -0.2) is 0 Å². The van der Waals surface area contributed by atoms with Gasteiger partial charge in [0.1, 0.15) is 18.4 Å². The van der Waals surface area contributed by atoms with Crippen LogP contribution in [0.5, 0.6) is 5.75 Å². The number of carbonyl (C=O) groups excluding carboxylic acids is 1. The molecule has 1 aromatic heterocycles. The van der Waals surface area contributed by atoms with E-state index in [0.29, 0.717) is 22.8 Å². The van der Waals surface area contributed by atoms with Crippen molar-refractivity contribution in [2.24, 2.45) is 0 Å². The van der Waals surface area contributed by atoms with E-state index in [1.807, 2.05) is 6.07 Å². The second kappa shape index (κ2) is 6.69. The number of ether oxygens (including phenoxy) is 1. The fraction of sp³-hybridized carbons (Fsp3) is 0.133. The van der Waals surface area contributed by atoms with E-state index in [1.54, 1.807) is 30.5 Å². The van der Waals surface area contributed by atoms with Gasteiger partial charge < -0.3 is 4.74 Å². The third-order valence-corrected chi connectivity index (χ3v) is 2.99. The summed E-state index contributed by atoms with van der Waals surface area (Å²) in [6.07, 6.45) is 3.83. The van der Waals surface area contributed by atoms with Crippen molar-refractivity contribution in [3.63, 3.8) is 0 Å². The standard InChI is InChI=1S/C15H11ClN2O2/c16-5-11-1-2-14(9-19)15(4-11)20-10-13-3-12(6-17)7-18-8-13/h1-4,7-9H,5,10H2. The molecule has 0 aliphatic rings. The third kappa shape index (κ3) is 3.34. The van der Waals surface area contributed by atoms with Gasteiger partial charge in [0.25, 0.3) is 0 Å². The lowest BCUT2D eigenvalue weighted by molar-refractivity contribution is 0.111. The molecule has 0 unspecified atom stereocenters. The smallest absolute Gasteiger partial charge is 0.153 e. The monoisotopic (exact) mass is 286 g/mol. The number of nitriles is 1. The molecule has 0 aliphatic carbocycles. The summed E-state index contributed by atoms with van der Waals surface area (Å²) in [5, 5.41) is 8.81. The molecule has 0 N–H and O–H groups in total. The van der Waals surface area contributed by atoms with Gasteiger partial charge in [0.2, 0.25) is 0 Å². The molecule has 0 spiro atoms. The molecule has 0 radical (unpaired) electrons. The summed E-state index contributed by atoms with van der Waals surface area (Å²) in [7, 11) is 0. The highest BCUT2D eigenvalue weighted by Gasteiger charge is 2.05. The molecule has 100 valence electrons. The van der Waals surface area contributed by atoms with Gasteiger partial charge in [-0.05, 0) is 23.8 Å². The highest BCUT2D eigenvalue weighted by molar-refractivity contribution is 6.17. The van der Waals surface area contributed by atoms with E-state index in [2.05, 4.69) is 4.98 Å². The first-order valence-electron chi connectivity index (χ1n) is 5.87. The minimum absolute atomic E-state index is 0.231. The first-order chi connectivity index (χ1) is 9.76. The van der Waals surface area contributed by atoms with Crippen molar-refractivity contribution in [3.05, 3.63) is 58.9 Å². The summed E-state index contributed by atoms with van der Waals surface area (Å²) in [5.41, 5.74) is 2.56. The van der Waals surface area contributed by atoms with Gasteiger partial charge in [0.05, 0.1) is 11.1 Å². The molecule has 0 amide bonds. The second-order valence-electron chi connectivity index (χ2n) is 4.11. The Morgan fingerprint density at radius 1 is 1.30 bits per heavy atom. The molecule has 0 saturated heterocycles. The van der Waals surface area contributed by atoms with Crippen molar-refractivity contribution in [2.45, 2.75) is 12.5 Å². The highest BCUT2D eigenvalue weighted by Crippen LogP contribution is 2.21. The van der Waals surface area contributed by atoms with Crippen LogP contribution in [-0.4, -0.2) is 11.3 Å². The Bertz CT molecular complexity index is 665. The number of alkyl halides is 1. The summed E-state index contributed by atoms with van der Waals surface area (Å²) in [4.78, 5) is 14.9. The van der Waals surface area contributed by atoms with Gasteiger partial charge >= 0.3 is 0 Å². The molecule has 2 aromatic rings. The molecule has 0 fully saturated rings. The molecule has 4 nitrogen and oxygen atoms in total. The maximum absolute atomic E-state index is 11.0. The number of pyridine rings is 1. The molecule has 20 heavy (non-hydrogen) atoms. The third-order valence-electron chi connectivity index (χ3n) is 2.68. The lowest BCUT2D eigenvalue weighted by atomic mass is 10.1. The Morgan fingerprint density at radius 3 is 2.85 bits per heavy atom. The van der Waals surface area contributed by atoms with Crippen LogP contribution < -0.4 is 4.74 Å². The Morgan fingerprint density at radius 2 is 2.15 bits per heavy atom. The molecule has 0 atom stereocenters. The van der Waals surface area contributed by atoms with E-state index in [1.165, 1.54) is 6.20 Å². The van der Waals surface area contributed by atoms with Crippen LogP contribution in [0, 0.1) is 11.3 Å². The Kier molecular flexibility index (Phi) is 4.70. The van der Waals surface area contributed by atoms with E-state index in [9.17, 15) is 4.79 Å². The summed E-state index contributed by atoms with van der Waals surface area (Å²) in [5.74, 6) is 0.821. The van der Waals surface area contributed by atoms with Gasteiger partial charge in [-0.2, -0.15) is 5.26 Å². The summed E-state index contributed by atoms with van der Waals surface area (Å²) >= 11 is 5.76. The number of aldehydes is 1. The summed E-state index contributed by atoms with van der Waals surface area (Å²) in [6.45, 7) is 0.231. The number of benzene rings is 1. The molecule has 0 saturated carbocycles. The summed E-state index contributed by atoms with van der Waals surface area (Å²) < 4.78 is 5.62. The molecule has 5 heteroatoms. The molecule has 0 bridgehead atoms.